The first-order valence-corrected chi connectivity index (χ1v) is 6.79. The number of pyridine rings is 1. The molecule has 6 nitrogen and oxygen atoms in total. The van der Waals surface area contributed by atoms with Crippen molar-refractivity contribution in [1.82, 2.24) is 20.1 Å². The Morgan fingerprint density at radius 3 is 3.00 bits per heavy atom. The molecule has 3 rings (SSSR count). The number of carbonyl (C=O) groups excluding carboxylic acids is 1. The SMILES string of the molecule is CC(C)n1ncc2cc(C(=O)NCc3ccco3)cnc21. The van der Waals surface area contributed by atoms with Gasteiger partial charge in [0.2, 0.25) is 0 Å². The van der Waals surface area contributed by atoms with Crippen LogP contribution in [0.2, 0.25) is 0 Å². The molecule has 0 saturated heterocycles. The van der Waals surface area contributed by atoms with E-state index in [1.165, 1.54) is 0 Å². The molecule has 0 atom stereocenters. The lowest BCUT2D eigenvalue weighted by Gasteiger charge is -2.07. The van der Waals surface area contributed by atoms with E-state index in [4.69, 9.17) is 4.42 Å². The fourth-order valence-electron chi connectivity index (χ4n) is 2.12. The Bertz CT molecular complexity index is 759. The summed E-state index contributed by atoms with van der Waals surface area (Å²) in [5, 5.41) is 7.94. The molecule has 0 radical (unpaired) electrons. The number of hydrogen-bond acceptors (Lipinski definition) is 4. The van der Waals surface area contributed by atoms with E-state index in [1.807, 2.05) is 24.6 Å². The molecule has 1 amide bonds. The van der Waals surface area contributed by atoms with E-state index < -0.39 is 0 Å². The summed E-state index contributed by atoms with van der Waals surface area (Å²) in [5.74, 6) is 0.531. The fraction of sp³-hybridized carbons (Fsp3) is 0.267. The van der Waals surface area contributed by atoms with Gasteiger partial charge < -0.3 is 9.73 Å². The number of rotatable bonds is 4. The average Bonchev–Trinajstić information content (AvgIpc) is 3.13. The van der Waals surface area contributed by atoms with Gasteiger partial charge >= 0.3 is 0 Å². The minimum atomic E-state index is -0.182. The second-order valence-corrected chi connectivity index (χ2v) is 5.08. The van der Waals surface area contributed by atoms with Gasteiger partial charge in [-0.05, 0) is 32.0 Å². The second-order valence-electron chi connectivity index (χ2n) is 5.08. The van der Waals surface area contributed by atoms with Gasteiger partial charge in [-0.25, -0.2) is 9.67 Å². The third-order valence-electron chi connectivity index (χ3n) is 3.19. The summed E-state index contributed by atoms with van der Waals surface area (Å²) in [4.78, 5) is 16.4. The fourth-order valence-corrected chi connectivity index (χ4v) is 2.12. The lowest BCUT2D eigenvalue weighted by molar-refractivity contribution is 0.0948. The summed E-state index contributed by atoms with van der Waals surface area (Å²) in [6, 6.07) is 5.63. The van der Waals surface area contributed by atoms with Crippen molar-refractivity contribution in [2.45, 2.75) is 26.4 Å². The zero-order valence-corrected chi connectivity index (χ0v) is 11.9. The summed E-state index contributed by atoms with van der Waals surface area (Å²) >= 11 is 0. The molecule has 21 heavy (non-hydrogen) atoms. The molecule has 0 fully saturated rings. The highest BCUT2D eigenvalue weighted by atomic mass is 16.3. The number of aromatic nitrogens is 3. The Kier molecular flexibility index (Phi) is 3.43. The Labute approximate surface area is 121 Å². The van der Waals surface area contributed by atoms with Crippen LogP contribution in [0.25, 0.3) is 11.0 Å². The molecule has 0 unspecified atom stereocenters. The average molecular weight is 284 g/mol. The van der Waals surface area contributed by atoms with Crippen LogP contribution in [0.3, 0.4) is 0 Å². The van der Waals surface area contributed by atoms with Gasteiger partial charge in [0.05, 0.1) is 24.6 Å². The van der Waals surface area contributed by atoms with Crippen LogP contribution in [-0.2, 0) is 6.54 Å². The van der Waals surface area contributed by atoms with Crippen LogP contribution in [0, 0.1) is 0 Å². The third-order valence-corrected chi connectivity index (χ3v) is 3.19. The van der Waals surface area contributed by atoms with E-state index in [2.05, 4.69) is 15.4 Å². The first-order valence-electron chi connectivity index (χ1n) is 6.79. The van der Waals surface area contributed by atoms with Gasteiger partial charge in [0.25, 0.3) is 5.91 Å². The van der Waals surface area contributed by atoms with Crippen LogP contribution >= 0.6 is 0 Å². The molecule has 0 aliphatic rings. The number of amides is 1. The van der Waals surface area contributed by atoms with Crippen molar-refractivity contribution in [2.24, 2.45) is 0 Å². The van der Waals surface area contributed by atoms with Gasteiger partial charge in [-0.15, -0.1) is 0 Å². The molecule has 0 spiro atoms. The van der Waals surface area contributed by atoms with Crippen molar-refractivity contribution in [1.29, 1.82) is 0 Å². The predicted octanol–water partition coefficient (Wildman–Crippen LogP) is 2.54. The number of fused-ring (bicyclic) bond motifs is 1. The molecule has 6 heteroatoms. The molecule has 3 aromatic heterocycles. The number of carbonyl (C=O) groups is 1. The zero-order valence-electron chi connectivity index (χ0n) is 11.9. The molecule has 0 aliphatic heterocycles. The maximum atomic E-state index is 12.1. The number of furan rings is 1. The van der Waals surface area contributed by atoms with Crippen molar-refractivity contribution < 1.29 is 9.21 Å². The topological polar surface area (TPSA) is 73.0 Å². The molecule has 108 valence electrons. The van der Waals surface area contributed by atoms with Crippen molar-refractivity contribution >= 4 is 16.9 Å². The molecular weight excluding hydrogens is 268 g/mol. The maximum absolute atomic E-state index is 12.1. The molecule has 0 aliphatic carbocycles. The summed E-state index contributed by atoms with van der Waals surface area (Å²) < 4.78 is 7.01. The van der Waals surface area contributed by atoms with E-state index in [1.54, 1.807) is 30.8 Å². The zero-order chi connectivity index (χ0) is 14.8. The van der Waals surface area contributed by atoms with E-state index in [-0.39, 0.29) is 11.9 Å². The van der Waals surface area contributed by atoms with Crippen LogP contribution < -0.4 is 5.32 Å². The lowest BCUT2D eigenvalue weighted by atomic mass is 10.2. The lowest BCUT2D eigenvalue weighted by Crippen LogP contribution is -2.22. The minimum Gasteiger partial charge on any atom is -0.467 e. The molecule has 1 N–H and O–H groups in total. The van der Waals surface area contributed by atoms with Gasteiger partial charge in [0.15, 0.2) is 5.65 Å². The Hall–Kier alpha value is -2.63. The largest absolute Gasteiger partial charge is 0.467 e. The van der Waals surface area contributed by atoms with E-state index in [0.717, 1.165) is 11.0 Å². The third kappa shape index (κ3) is 2.65. The number of hydrogen-bond donors (Lipinski definition) is 1. The summed E-state index contributed by atoms with van der Waals surface area (Å²) in [6.45, 7) is 4.44. The summed E-state index contributed by atoms with van der Waals surface area (Å²) in [7, 11) is 0. The van der Waals surface area contributed by atoms with Crippen molar-refractivity contribution in [3.8, 4) is 0 Å². The highest BCUT2D eigenvalue weighted by molar-refractivity contribution is 5.96. The number of nitrogens with one attached hydrogen (secondary N) is 1. The van der Waals surface area contributed by atoms with Crippen LogP contribution in [0.4, 0.5) is 0 Å². The molecule has 3 heterocycles. The highest BCUT2D eigenvalue weighted by Gasteiger charge is 2.11. The van der Waals surface area contributed by atoms with Crippen LogP contribution in [0.5, 0.6) is 0 Å². The van der Waals surface area contributed by atoms with E-state index in [0.29, 0.717) is 17.9 Å². The van der Waals surface area contributed by atoms with Gasteiger partial charge in [-0.2, -0.15) is 5.10 Å². The van der Waals surface area contributed by atoms with Crippen LogP contribution in [-0.4, -0.2) is 20.7 Å². The van der Waals surface area contributed by atoms with E-state index >= 15 is 0 Å². The van der Waals surface area contributed by atoms with Gasteiger partial charge in [0, 0.05) is 17.6 Å². The molecule has 0 aromatic carbocycles. The standard InChI is InChI=1S/C15H16N4O2/c1-10(2)19-14-11(8-18-19)6-12(7-16-14)15(20)17-9-13-4-3-5-21-13/h3-8,10H,9H2,1-2H3,(H,17,20). The molecule has 0 bridgehead atoms. The van der Waals surface area contributed by atoms with Crippen molar-refractivity contribution in [3.05, 3.63) is 48.2 Å². The first kappa shape index (κ1) is 13.4. The van der Waals surface area contributed by atoms with Gasteiger partial charge in [0.1, 0.15) is 5.76 Å². The van der Waals surface area contributed by atoms with Gasteiger partial charge in [-0.1, -0.05) is 0 Å². The van der Waals surface area contributed by atoms with Gasteiger partial charge in [-0.3, -0.25) is 4.79 Å². The molecular formula is C15H16N4O2. The normalized spacial score (nSPS) is 11.2. The Balaban J connectivity index is 1.79. The second kappa shape index (κ2) is 5.40. The van der Waals surface area contributed by atoms with Crippen LogP contribution in [0.15, 0.2) is 41.3 Å². The molecule has 3 aromatic rings. The summed E-state index contributed by atoms with van der Waals surface area (Å²) in [6.07, 6.45) is 4.88. The first-order chi connectivity index (χ1) is 10.1. The minimum absolute atomic E-state index is 0.182. The van der Waals surface area contributed by atoms with Crippen molar-refractivity contribution in [3.63, 3.8) is 0 Å². The Morgan fingerprint density at radius 2 is 2.29 bits per heavy atom. The predicted molar refractivity (Wildman–Crippen MR) is 77.8 cm³/mol. The van der Waals surface area contributed by atoms with Crippen LogP contribution in [0.1, 0.15) is 36.0 Å². The highest BCUT2D eigenvalue weighted by Crippen LogP contribution is 2.16. The monoisotopic (exact) mass is 284 g/mol. The smallest absolute Gasteiger partial charge is 0.253 e. The molecule has 0 saturated carbocycles. The quantitative estimate of drug-likeness (QED) is 0.799. The Morgan fingerprint density at radius 1 is 1.43 bits per heavy atom. The van der Waals surface area contributed by atoms with E-state index in [9.17, 15) is 4.79 Å². The number of nitrogens with zero attached hydrogens (tertiary/aromatic N) is 3. The summed E-state index contributed by atoms with van der Waals surface area (Å²) in [5.41, 5.74) is 1.30. The maximum Gasteiger partial charge on any atom is 0.253 e. The van der Waals surface area contributed by atoms with Crippen molar-refractivity contribution in [2.75, 3.05) is 0 Å².